The van der Waals surface area contributed by atoms with Crippen molar-refractivity contribution in [3.63, 3.8) is 0 Å². The number of amides is 1. The first kappa shape index (κ1) is 18.9. The molecule has 2 heterocycles. The highest BCUT2D eigenvalue weighted by Gasteiger charge is 2.52. The van der Waals surface area contributed by atoms with Crippen molar-refractivity contribution in [2.75, 3.05) is 25.5 Å². The number of hydrogen-bond acceptors (Lipinski definition) is 4. The summed E-state index contributed by atoms with van der Waals surface area (Å²) in [6, 6.07) is 5.76. The van der Waals surface area contributed by atoms with Crippen molar-refractivity contribution in [2.45, 2.75) is 64.7 Å². The smallest absolute Gasteiger partial charge is 0.295 e. The number of fused-ring (bicyclic) bond motifs is 3. The summed E-state index contributed by atoms with van der Waals surface area (Å²) >= 11 is 0. The Morgan fingerprint density at radius 3 is 2.35 bits per heavy atom. The Balaban J connectivity index is 1.97. The highest BCUT2D eigenvalue weighted by Crippen LogP contribution is 2.51. The Labute approximate surface area is 156 Å². The van der Waals surface area contributed by atoms with Gasteiger partial charge in [0.25, 0.3) is 5.91 Å². The fourth-order valence-corrected chi connectivity index (χ4v) is 5.02. The second-order valence-corrected chi connectivity index (χ2v) is 8.59. The average Bonchev–Trinajstić information content (AvgIpc) is 2.99. The van der Waals surface area contributed by atoms with Gasteiger partial charge in [-0.05, 0) is 64.9 Å². The molecule has 2 atom stereocenters. The third kappa shape index (κ3) is 2.64. The number of anilines is 1. The van der Waals surface area contributed by atoms with Gasteiger partial charge in [0.15, 0.2) is 0 Å². The van der Waals surface area contributed by atoms with Crippen LogP contribution in [-0.4, -0.2) is 60.4 Å². The monoisotopic (exact) mass is 357 g/mol. The molecule has 3 rings (SSSR count). The zero-order valence-corrected chi connectivity index (χ0v) is 17.0. The Morgan fingerprint density at radius 1 is 1.15 bits per heavy atom. The molecule has 2 aliphatic heterocycles. The highest BCUT2D eigenvalue weighted by atomic mass is 16.2. The molecule has 1 fully saturated rings. The summed E-state index contributed by atoms with van der Waals surface area (Å²) in [7, 11) is 4.26. The highest BCUT2D eigenvalue weighted by molar-refractivity contribution is 6.42. The van der Waals surface area contributed by atoms with E-state index < -0.39 is 11.7 Å². The lowest BCUT2D eigenvalue weighted by molar-refractivity contribution is -0.129. The van der Waals surface area contributed by atoms with Gasteiger partial charge in [0.05, 0.1) is 6.17 Å². The van der Waals surface area contributed by atoms with Crippen molar-refractivity contribution in [3.8, 4) is 0 Å². The van der Waals surface area contributed by atoms with Gasteiger partial charge >= 0.3 is 0 Å². The lowest BCUT2D eigenvalue weighted by Crippen LogP contribution is -2.45. The molecule has 142 valence electrons. The first-order valence-corrected chi connectivity index (χ1v) is 9.54. The molecule has 0 N–H and O–H groups in total. The van der Waals surface area contributed by atoms with E-state index in [9.17, 15) is 9.59 Å². The van der Waals surface area contributed by atoms with Crippen molar-refractivity contribution in [1.29, 1.82) is 0 Å². The molecule has 1 amide bonds. The second kappa shape index (κ2) is 6.38. The van der Waals surface area contributed by atoms with E-state index in [-0.39, 0.29) is 17.5 Å². The first-order chi connectivity index (χ1) is 12.1. The van der Waals surface area contributed by atoms with Crippen LogP contribution in [-0.2, 0) is 10.2 Å². The van der Waals surface area contributed by atoms with Crippen LogP contribution < -0.4 is 4.90 Å². The maximum absolute atomic E-state index is 12.9. The molecule has 0 aromatic heterocycles. The number of carbonyl (C=O) groups excluding carboxylic acids is 2. The van der Waals surface area contributed by atoms with E-state index >= 15 is 0 Å². The van der Waals surface area contributed by atoms with Crippen LogP contribution in [0.5, 0.6) is 0 Å². The van der Waals surface area contributed by atoms with Crippen molar-refractivity contribution >= 4 is 17.4 Å². The number of hydrogen-bond donors (Lipinski definition) is 0. The molecule has 1 aromatic carbocycles. The van der Waals surface area contributed by atoms with E-state index in [0.717, 1.165) is 18.7 Å². The average molecular weight is 357 g/mol. The van der Waals surface area contributed by atoms with E-state index in [0.29, 0.717) is 11.7 Å². The van der Waals surface area contributed by atoms with Gasteiger partial charge in [0.2, 0.25) is 5.78 Å². The lowest BCUT2D eigenvalue weighted by Gasteiger charge is -2.32. The molecular formula is C21H31N3O2. The Kier molecular flexibility index (Phi) is 4.63. The number of nitrogens with zero attached hydrogens (tertiary/aromatic N) is 3. The predicted molar refractivity (Wildman–Crippen MR) is 105 cm³/mol. The SMILES string of the molecule is CC(C)N(C(=O)C(=O)c1ccc2c(c1)C1(C)CCN(C)C1N2C)C(C)C. The lowest BCUT2D eigenvalue weighted by atomic mass is 9.80. The van der Waals surface area contributed by atoms with Crippen LogP contribution in [0.4, 0.5) is 5.69 Å². The molecule has 26 heavy (non-hydrogen) atoms. The number of ketones is 1. The van der Waals surface area contributed by atoms with Gasteiger partial charge in [-0.1, -0.05) is 6.92 Å². The number of Topliss-reactive ketones (excluding diaryl/α,β-unsaturated/α-hetero) is 1. The Morgan fingerprint density at radius 2 is 1.77 bits per heavy atom. The molecule has 0 radical (unpaired) electrons. The van der Waals surface area contributed by atoms with Gasteiger partial charge in [-0.3, -0.25) is 14.5 Å². The summed E-state index contributed by atoms with van der Waals surface area (Å²) in [5.74, 6) is -0.817. The third-order valence-electron chi connectivity index (χ3n) is 6.13. The maximum Gasteiger partial charge on any atom is 0.295 e. The topological polar surface area (TPSA) is 43.9 Å². The summed E-state index contributed by atoms with van der Waals surface area (Å²) in [5.41, 5.74) is 2.85. The minimum absolute atomic E-state index is 0.00242. The Hall–Kier alpha value is -1.88. The molecule has 1 saturated heterocycles. The molecular weight excluding hydrogens is 326 g/mol. The molecule has 2 aliphatic rings. The largest absolute Gasteiger partial charge is 0.358 e. The van der Waals surface area contributed by atoms with Crippen LogP contribution in [0.2, 0.25) is 0 Å². The summed E-state index contributed by atoms with van der Waals surface area (Å²) in [4.78, 5) is 32.1. The van der Waals surface area contributed by atoms with Crippen LogP contribution >= 0.6 is 0 Å². The van der Waals surface area contributed by atoms with Crippen molar-refractivity contribution in [2.24, 2.45) is 0 Å². The van der Waals surface area contributed by atoms with E-state index in [4.69, 9.17) is 0 Å². The molecule has 0 bridgehead atoms. The van der Waals surface area contributed by atoms with Gasteiger partial charge in [0.1, 0.15) is 0 Å². The van der Waals surface area contributed by atoms with Crippen molar-refractivity contribution < 1.29 is 9.59 Å². The molecule has 0 spiro atoms. The number of carbonyl (C=O) groups is 2. The van der Waals surface area contributed by atoms with E-state index in [1.54, 1.807) is 11.0 Å². The van der Waals surface area contributed by atoms with Gasteiger partial charge in [0, 0.05) is 42.3 Å². The predicted octanol–water partition coefficient (Wildman–Crippen LogP) is 2.88. The van der Waals surface area contributed by atoms with Gasteiger partial charge in [-0.15, -0.1) is 0 Å². The maximum atomic E-state index is 12.9. The zero-order chi connectivity index (χ0) is 19.4. The van der Waals surface area contributed by atoms with Crippen LogP contribution in [0.15, 0.2) is 18.2 Å². The van der Waals surface area contributed by atoms with Crippen LogP contribution in [0.3, 0.4) is 0 Å². The standard InChI is InChI=1S/C21H31N3O2/c1-13(2)24(14(3)4)19(26)18(25)15-8-9-17-16(12-15)21(5)10-11-22(6)20(21)23(17)7/h8-9,12-14,20H,10-11H2,1-7H3. The van der Waals surface area contributed by atoms with Gasteiger partial charge < -0.3 is 9.80 Å². The first-order valence-electron chi connectivity index (χ1n) is 9.54. The molecule has 5 heteroatoms. The zero-order valence-electron chi connectivity index (χ0n) is 17.0. The molecule has 5 nitrogen and oxygen atoms in total. The normalized spacial score (nSPS) is 25.0. The van der Waals surface area contributed by atoms with E-state index in [2.05, 4.69) is 30.8 Å². The number of likely N-dealkylation sites (tertiary alicyclic amines) is 1. The van der Waals surface area contributed by atoms with Crippen LogP contribution in [0.1, 0.15) is 57.0 Å². The summed E-state index contributed by atoms with van der Waals surface area (Å²) < 4.78 is 0. The van der Waals surface area contributed by atoms with Gasteiger partial charge in [-0.25, -0.2) is 0 Å². The molecule has 2 unspecified atom stereocenters. The Bertz CT molecular complexity index is 735. The number of likely N-dealkylation sites (N-methyl/N-ethyl adjacent to an activating group) is 2. The molecule has 1 aromatic rings. The van der Waals surface area contributed by atoms with Gasteiger partial charge in [-0.2, -0.15) is 0 Å². The number of benzene rings is 1. The third-order valence-corrected chi connectivity index (χ3v) is 6.13. The van der Waals surface area contributed by atoms with Crippen LogP contribution in [0.25, 0.3) is 0 Å². The minimum atomic E-state index is -0.411. The fourth-order valence-electron chi connectivity index (χ4n) is 5.02. The van der Waals surface area contributed by atoms with E-state index in [1.807, 2.05) is 39.8 Å². The molecule has 0 aliphatic carbocycles. The molecule has 0 saturated carbocycles. The number of rotatable bonds is 4. The van der Waals surface area contributed by atoms with Crippen molar-refractivity contribution in [1.82, 2.24) is 9.80 Å². The minimum Gasteiger partial charge on any atom is -0.358 e. The van der Waals surface area contributed by atoms with Crippen LogP contribution in [0, 0.1) is 0 Å². The van der Waals surface area contributed by atoms with Crippen molar-refractivity contribution in [3.05, 3.63) is 29.3 Å². The second-order valence-electron chi connectivity index (χ2n) is 8.59. The summed E-state index contributed by atoms with van der Waals surface area (Å²) in [5, 5.41) is 0. The summed E-state index contributed by atoms with van der Waals surface area (Å²) in [6.07, 6.45) is 1.36. The van der Waals surface area contributed by atoms with E-state index in [1.165, 1.54) is 5.56 Å². The fraction of sp³-hybridized carbons (Fsp3) is 0.619. The quantitative estimate of drug-likeness (QED) is 0.614. The summed E-state index contributed by atoms with van der Waals surface area (Å²) in [6.45, 7) is 11.1.